The van der Waals surface area contributed by atoms with E-state index in [-0.39, 0.29) is 12.2 Å². The number of rotatable bonds is 1. The third kappa shape index (κ3) is 1.38. The lowest BCUT2D eigenvalue weighted by Crippen LogP contribution is -1.71. The number of halogens is 1. The Balaban J connectivity index is 2.57. The van der Waals surface area contributed by atoms with E-state index < -0.39 is 0 Å². The molecule has 1 aromatic carbocycles. The Kier molecular flexibility index (Phi) is 1.75. The molecule has 2 rings (SSSR count). The molecule has 2 nitrogen and oxygen atoms in total. The molecule has 0 unspecified atom stereocenters. The smallest absolute Gasteiger partial charge is 0.137 e. The van der Waals surface area contributed by atoms with Crippen molar-refractivity contribution in [3.05, 3.63) is 35.8 Å². The maximum absolute atomic E-state index is 12.7. The number of hydrogen-bond acceptors (Lipinski definition) is 2. The van der Waals surface area contributed by atoms with E-state index in [4.69, 9.17) is 9.68 Å². The first-order valence-corrected chi connectivity index (χ1v) is 3.84. The van der Waals surface area contributed by atoms with Crippen molar-refractivity contribution >= 4 is 11.0 Å². The van der Waals surface area contributed by atoms with Gasteiger partial charge in [0.2, 0.25) is 0 Å². The van der Waals surface area contributed by atoms with Crippen molar-refractivity contribution in [1.29, 1.82) is 5.26 Å². The van der Waals surface area contributed by atoms with Crippen LogP contribution in [0.25, 0.3) is 11.0 Å². The molecule has 0 aliphatic carbocycles. The van der Waals surface area contributed by atoms with Crippen molar-refractivity contribution in [3.63, 3.8) is 0 Å². The summed E-state index contributed by atoms with van der Waals surface area (Å²) in [5.41, 5.74) is 0.491. The molecule has 3 heteroatoms. The van der Waals surface area contributed by atoms with Crippen LogP contribution in [0.15, 0.2) is 28.7 Å². The van der Waals surface area contributed by atoms with E-state index in [0.717, 1.165) is 5.39 Å². The van der Waals surface area contributed by atoms with Gasteiger partial charge >= 0.3 is 0 Å². The number of nitriles is 1. The normalized spacial score (nSPS) is 10.2. The number of nitrogens with zero attached hydrogens (tertiary/aromatic N) is 1. The van der Waals surface area contributed by atoms with E-state index in [1.807, 2.05) is 6.07 Å². The standard InChI is InChI=1S/C10H6FNO/c11-8-2-1-7-5-9(3-4-12)13-10(7)6-8/h1-2,5-6H,3H2. The Labute approximate surface area is 74.2 Å². The summed E-state index contributed by atoms with van der Waals surface area (Å²) in [6, 6.07) is 8.04. The second kappa shape index (κ2) is 2.91. The lowest BCUT2D eigenvalue weighted by Gasteiger charge is -1.86. The zero-order valence-electron chi connectivity index (χ0n) is 6.75. The molecule has 0 bridgehead atoms. The van der Waals surface area contributed by atoms with Crippen molar-refractivity contribution in [2.45, 2.75) is 6.42 Å². The molecule has 0 fully saturated rings. The lowest BCUT2D eigenvalue weighted by atomic mass is 10.2. The van der Waals surface area contributed by atoms with Crippen LogP contribution in [0.4, 0.5) is 4.39 Å². The predicted molar refractivity (Wildman–Crippen MR) is 45.5 cm³/mol. The van der Waals surface area contributed by atoms with Crippen molar-refractivity contribution in [3.8, 4) is 6.07 Å². The first-order chi connectivity index (χ1) is 6.29. The SMILES string of the molecule is N#CCc1cc2ccc(F)cc2o1. The number of fused-ring (bicyclic) bond motifs is 1. The second-order valence-electron chi connectivity index (χ2n) is 2.73. The number of benzene rings is 1. The summed E-state index contributed by atoms with van der Waals surface area (Å²) in [6.07, 6.45) is 0.219. The van der Waals surface area contributed by atoms with Gasteiger partial charge in [-0.05, 0) is 18.2 Å². The summed E-state index contributed by atoms with van der Waals surface area (Å²) in [7, 11) is 0. The van der Waals surface area contributed by atoms with E-state index in [1.54, 1.807) is 12.1 Å². The third-order valence-corrected chi connectivity index (χ3v) is 1.79. The average molecular weight is 175 g/mol. The number of furan rings is 1. The molecule has 13 heavy (non-hydrogen) atoms. The molecule has 0 N–H and O–H groups in total. The minimum absolute atomic E-state index is 0.219. The lowest BCUT2D eigenvalue weighted by molar-refractivity contribution is 0.561. The van der Waals surface area contributed by atoms with Gasteiger partial charge in [0.25, 0.3) is 0 Å². The van der Waals surface area contributed by atoms with E-state index in [9.17, 15) is 4.39 Å². The van der Waals surface area contributed by atoms with Gasteiger partial charge < -0.3 is 4.42 Å². The van der Waals surface area contributed by atoms with Gasteiger partial charge in [-0.2, -0.15) is 5.26 Å². The highest BCUT2D eigenvalue weighted by Crippen LogP contribution is 2.20. The average Bonchev–Trinajstić information content (AvgIpc) is 2.46. The van der Waals surface area contributed by atoms with Gasteiger partial charge in [-0.1, -0.05) is 0 Å². The molecular formula is C10H6FNO. The Morgan fingerprint density at radius 1 is 1.38 bits per heavy atom. The minimum Gasteiger partial charge on any atom is -0.460 e. The Hall–Kier alpha value is -1.82. The topological polar surface area (TPSA) is 36.9 Å². The van der Waals surface area contributed by atoms with Crippen LogP contribution in [0, 0.1) is 17.1 Å². The Morgan fingerprint density at radius 3 is 3.00 bits per heavy atom. The molecule has 0 aliphatic rings. The predicted octanol–water partition coefficient (Wildman–Crippen LogP) is 2.64. The van der Waals surface area contributed by atoms with Crippen LogP contribution < -0.4 is 0 Å². The number of hydrogen-bond donors (Lipinski definition) is 0. The van der Waals surface area contributed by atoms with Crippen LogP contribution in [-0.4, -0.2) is 0 Å². The van der Waals surface area contributed by atoms with Crippen LogP contribution in [0.3, 0.4) is 0 Å². The molecular weight excluding hydrogens is 169 g/mol. The van der Waals surface area contributed by atoms with Crippen LogP contribution in [0.5, 0.6) is 0 Å². The second-order valence-corrected chi connectivity index (χ2v) is 2.73. The third-order valence-electron chi connectivity index (χ3n) is 1.79. The summed E-state index contributed by atoms with van der Waals surface area (Å²) in [6.45, 7) is 0. The summed E-state index contributed by atoms with van der Waals surface area (Å²) >= 11 is 0. The maximum atomic E-state index is 12.7. The molecule has 1 aromatic heterocycles. The highest BCUT2D eigenvalue weighted by molar-refractivity contribution is 5.77. The van der Waals surface area contributed by atoms with Gasteiger partial charge in [0.15, 0.2) is 0 Å². The summed E-state index contributed by atoms with van der Waals surface area (Å²) in [5.74, 6) is 0.244. The van der Waals surface area contributed by atoms with Crippen molar-refractivity contribution < 1.29 is 8.81 Å². The first kappa shape index (κ1) is 7.81. The van der Waals surface area contributed by atoms with Gasteiger partial charge in [-0.25, -0.2) is 4.39 Å². The van der Waals surface area contributed by atoms with Crippen LogP contribution in [-0.2, 0) is 6.42 Å². The molecule has 0 spiro atoms. The quantitative estimate of drug-likeness (QED) is 0.668. The van der Waals surface area contributed by atoms with Gasteiger partial charge in [-0.15, -0.1) is 0 Å². The molecule has 0 saturated heterocycles. The van der Waals surface area contributed by atoms with Gasteiger partial charge in [-0.3, -0.25) is 0 Å². The highest BCUT2D eigenvalue weighted by Gasteiger charge is 2.03. The summed E-state index contributed by atoms with van der Waals surface area (Å²) in [4.78, 5) is 0. The van der Waals surface area contributed by atoms with Crippen LogP contribution in [0.1, 0.15) is 5.76 Å². The molecule has 64 valence electrons. The van der Waals surface area contributed by atoms with E-state index >= 15 is 0 Å². The largest absolute Gasteiger partial charge is 0.460 e. The molecule has 0 saturated carbocycles. The monoisotopic (exact) mass is 175 g/mol. The van der Waals surface area contributed by atoms with Gasteiger partial charge in [0, 0.05) is 11.5 Å². The maximum Gasteiger partial charge on any atom is 0.137 e. The molecule has 0 aliphatic heterocycles. The summed E-state index contributed by atoms with van der Waals surface area (Å²) < 4.78 is 17.9. The zero-order valence-corrected chi connectivity index (χ0v) is 6.75. The van der Waals surface area contributed by atoms with Crippen molar-refractivity contribution in [2.24, 2.45) is 0 Å². The molecule has 0 atom stereocenters. The molecule has 0 radical (unpaired) electrons. The van der Waals surface area contributed by atoms with Crippen molar-refractivity contribution in [1.82, 2.24) is 0 Å². The fraction of sp³-hybridized carbons (Fsp3) is 0.100. The molecule has 2 aromatic rings. The van der Waals surface area contributed by atoms with Gasteiger partial charge in [0.1, 0.15) is 17.2 Å². The summed E-state index contributed by atoms with van der Waals surface area (Å²) in [5, 5.41) is 9.24. The Bertz CT molecular complexity index is 481. The fourth-order valence-corrected chi connectivity index (χ4v) is 1.23. The zero-order chi connectivity index (χ0) is 9.26. The Morgan fingerprint density at radius 2 is 2.23 bits per heavy atom. The van der Waals surface area contributed by atoms with E-state index in [0.29, 0.717) is 11.3 Å². The van der Waals surface area contributed by atoms with Gasteiger partial charge in [0.05, 0.1) is 12.5 Å². The fourth-order valence-electron chi connectivity index (χ4n) is 1.23. The molecule has 0 amide bonds. The van der Waals surface area contributed by atoms with E-state index in [1.165, 1.54) is 12.1 Å². The minimum atomic E-state index is -0.328. The van der Waals surface area contributed by atoms with Crippen LogP contribution in [0.2, 0.25) is 0 Å². The van der Waals surface area contributed by atoms with E-state index in [2.05, 4.69) is 0 Å². The first-order valence-electron chi connectivity index (χ1n) is 3.84. The van der Waals surface area contributed by atoms with Crippen LogP contribution >= 0.6 is 0 Å². The highest BCUT2D eigenvalue weighted by atomic mass is 19.1. The molecule has 1 heterocycles. The van der Waals surface area contributed by atoms with Crippen molar-refractivity contribution in [2.75, 3.05) is 0 Å².